The van der Waals surface area contributed by atoms with Crippen LogP contribution in [0.1, 0.15) is 0 Å². The van der Waals surface area contributed by atoms with Crippen molar-refractivity contribution in [1.82, 2.24) is 4.98 Å². The van der Waals surface area contributed by atoms with Gasteiger partial charge in [-0.15, -0.1) is 0 Å². The number of methoxy groups -OCH3 is 2. The fourth-order valence-corrected chi connectivity index (χ4v) is 1.66. The summed E-state index contributed by atoms with van der Waals surface area (Å²) in [6.07, 6.45) is 0. The SMILES string of the molecule is COc1ccc2nc(Cl)ccc2c1OC. The summed E-state index contributed by atoms with van der Waals surface area (Å²) < 4.78 is 10.5. The predicted molar refractivity (Wildman–Crippen MR) is 59.9 cm³/mol. The molecule has 0 fully saturated rings. The monoisotopic (exact) mass is 223 g/mol. The Morgan fingerprint density at radius 1 is 1.07 bits per heavy atom. The maximum atomic E-state index is 5.80. The zero-order valence-corrected chi connectivity index (χ0v) is 9.21. The molecule has 0 N–H and O–H groups in total. The molecule has 1 aromatic heterocycles. The summed E-state index contributed by atoms with van der Waals surface area (Å²) in [5.74, 6) is 1.37. The largest absolute Gasteiger partial charge is 0.493 e. The van der Waals surface area contributed by atoms with Crippen molar-refractivity contribution in [2.24, 2.45) is 0 Å². The topological polar surface area (TPSA) is 31.4 Å². The minimum absolute atomic E-state index is 0.467. The Balaban J connectivity index is 2.76. The minimum atomic E-state index is 0.467. The standard InChI is InChI=1S/C11H10ClNO2/c1-14-9-5-4-8-7(11(9)15-2)3-6-10(12)13-8/h3-6H,1-2H3. The highest BCUT2D eigenvalue weighted by Crippen LogP contribution is 2.34. The van der Waals surface area contributed by atoms with Gasteiger partial charge in [0.05, 0.1) is 19.7 Å². The van der Waals surface area contributed by atoms with Gasteiger partial charge in [-0.3, -0.25) is 0 Å². The van der Waals surface area contributed by atoms with E-state index >= 15 is 0 Å². The third-order valence-electron chi connectivity index (χ3n) is 2.18. The highest BCUT2D eigenvalue weighted by Gasteiger charge is 2.09. The number of rotatable bonds is 2. The van der Waals surface area contributed by atoms with Crippen molar-refractivity contribution < 1.29 is 9.47 Å². The first kappa shape index (κ1) is 10.1. The molecule has 0 radical (unpaired) electrons. The van der Waals surface area contributed by atoms with Crippen molar-refractivity contribution in [2.45, 2.75) is 0 Å². The molecular weight excluding hydrogens is 214 g/mol. The van der Waals surface area contributed by atoms with Crippen LogP contribution in [0.4, 0.5) is 0 Å². The lowest BCUT2D eigenvalue weighted by molar-refractivity contribution is 0.358. The molecule has 1 aromatic carbocycles. The van der Waals surface area contributed by atoms with Gasteiger partial charge in [0.1, 0.15) is 5.15 Å². The average Bonchev–Trinajstić information content (AvgIpc) is 2.27. The van der Waals surface area contributed by atoms with Gasteiger partial charge in [0.15, 0.2) is 11.5 Å². The van der Waals surface area contributed by atoms with E-state index in [2.05, 4.69) is 4.98 Å². The number of ether oxygens (including phenoxy) is 2. The molecule has 78 valence electrons. The molecule has 0 atom stereocenters. The first-order valence-electron chi connectivity index (χ1n) is 4.43. The number of aromatic nitrogens is 1. The van der Waals surface area contributed by atoms with E-state index in [0.29, 0.717) is 16.7 Å². The van der Waals surface area contributed by atoms with Gasteiger partial charge in [-0.1, -0.05) is 11.6 Å². The Kier molecular flexibility index (Phi) is 2.64. The van der Waals surface area contributed by atoms with E-state index in [9.17, 15) is 0 Å². The Bertz CT molecular complexity index is 499. The van der Waals surface area contributed by atoms with E-state index in [-0.39, 0.29) is 0 Å². The number of hydrogen-bond acceptors (Lipinski definition) is 3. The van der Waals surface area contributed by atoms with Crippen LogP contribution in [-0.2, 0) is 0 Å². The summed E-state index contributed by atoms with van der Waals surface area (Å²) in [5, 5.41) is 1.36. The average molecular weight is 224 g/mol. The van der Waals surface area contributed by atoms with Gasteiger partial charge in [-0.25, -0.2) is 4.98 Å². The second kappa shape index (κ2) is 3.95. The van der Waals surface area contributed by atoms with Crippen LogP contribution in [0.3, 0.4) is 0 Å². The zero-order valence-electron chi connectivity index (χ0n) is 8.45. The Morgan fingerprint density at radius 2 is 1.87 bits per heavy atom. The van der Waals surface area contributed by atoms with Gasteiger partial charge in [0.2, 0.25) is 0 Å². The molecule has 0 aliphatic carbocycles. The third kappa shape index (κ3) is 1.70. The lowest BCUT2D eigenvalue weighted by atomic mass is 10.2. The van der Waals surface area contributed by atoms with E-state index in [1.807, 2.05) is 18.2 Å². The predicted octanol–water partition coefficient (Wildman–Crippen LogP) is 2.91. The number of pyridine rings is 1. The van der Waals surface area contributed by atoms with Crippen molar-refractivity contribution in [3.05, 3.63) is 29.4 Å². The Hall–Kier alpha value is -1.48. The smallest absolute Gasteiger partial charge is 0.170 e. The van der Waals surface area contributed by atoms with Gasteiger partial charge in [-0.05, 0) is 24.3 Å². The molecule has 1 heterocycles. The molecule has 0 saturated carbocycles. The van der Waals surface area contributed by atoms with Crippen LogP contribution in [0, 0.1) is 0 Å². The van der Waals surface area contributed by atoms with Crippen molar-refractivity contribution in [1.29, 1.82) is 0 Å². The summed E-state index contributed by atoms with van der Waals surface area (Å²) in [6, 6.07) is 7.25. The normalized spacial score (nSPS) is 10.3. The fourth-order valence-electron chi connectivity index (χ4n) is 1.50. The molecule has 0 unspecified atom stereocenters. The molecule has 0 aliphatic heterocycles. The van der Waals surface area contributed by atoms with E-state index in [1.54, 1.807) is 20.3 Å². The molecule has 0 amide bonds. The van der Waals surface area contributed by atoms with Crippen molar-refractivity contribution in [2.75, 3.05) is 14.2 Å². The van der Waals surface area contributed by atoms with Gasteiger partial charge in [0.25, 0.3) is 0 Å². The van der Waals surface area contributed by atoms with E-state index < -0.39 is 0 Å². The van der Waals surface area contributed by atoms with Crippen molar-refractivity contribution in [3.63, 3.8) is 0 Å². The van der Waals surface area contributed by atoms with Crippen LogP contribution in [0.2, 0.25) is 5.15 Å². The summed E-state index contributed by atoms with van der Waals surface area (Å²) in [5.41, 5.74) is 0.792. The van der Waals surface area contributed by atoms with Crippen LogP contribution in [0.15, 0.2) is 24.3 Å². The Labute approximate surface area is 92.6 Å². The number of nitrogens with zero attached hydrogens (tertiary/aromatic N) is 1. The van der Waals surface area contributed by atoms with Crippen LogP contribution in [-0.4, -0.2) is 19.2 Å². The van der Waals surface area contributed by atoms with Gasteiger partial charge >= 0.3 is 0 Å². The molecule has 0 aliphatic rings. The summed E-state index contributed by atoms with van der Waals surface area (Å²) >= 11 is 5.80. The fraction of sp³-hybridized carbons (Fsp3) is 0.182. The molecule has 0 spiro atoms. The van der Waals surface area contributed by atoms with E-state index in [0.717, 1.165) is 10.9 Å². The summed E-state index contributed by atoms with van der Waals surface area (Å²) in [4.78, 5) is 4.19. The quantitative estimate of drug-likeness (QED) is 0.734. The molecule has 15 heavy (non-hydrogen) atoms. The Morgan fingerprint density at radius 3 is 2.53 bits per heavy atom. The van der Waals surface area contributed by atoms with Crippen molar-refractivity contribution >= 4 is 22.5 Å². The lowest BCUT2D eigenvalue weighted by Gasteiger charge is -2.09. The molecular formula is C11H10ClNO2. The summed E-state index contributed by atoms with van der Waals surface area (Å²) in [7, 11) is 3.21. The first-order valence-corrected chi connectivity index (χ1v) is 4.81. The molecule has 2 rings (SSSR count). The third-order valence-corrected chi connectivity index (χ3v) is 2.39. The number of hydrogen-bond donors (Lipinski definition) is 0. The highest BCUT2D eigenvalue weighted by atomic mass is 35.5. The highest BCUT2D eigenvalue weighted by molar-refractivity contribution is 6.29. The lowest BCUT2D eigenvalue weighted by Crippen LogP contribution is -1.92. The van der Waals surface area contributed by atoms with Crippen molar-refractivity contribution in [3.8, 4) is 11.5 Å². The first-order chi connectivity index (χ1) is 7.26. The molecule has 4 heteroatoms. The summed E-state index contributed by atoms with van der Waals surface area (Å²) in [6.45, 7) is 0. The maximum Gasteiger partial charge on any atom is 0.170 e. The van der Waals surface area contributed by atoms with E-state index in [1.165, 1.54) is 0 Å². The second-order valence-electron chi connectivity index (χ2n) is 3.00. The van der Waals surface area contributed by atoms with Gasteiger partial charge < -0.3 is 9.47 Å². The molecule has 2 aromatic rings. The maximum absolute atomic E-state index is 5.80. The van der Waals surface area contributed by atoms with Crippen LogP contribution in [0.5, 0.6) is 11.5 Å². The van der Waals surface area contributed by atoms with Gasteiger partial charge in [0, 0.05) is 5.39 Å². The molecule has 0 bridgehead atoms. The molecule has 3 nitrogen and oxygen atoms in total. The zero-order chi connectivity index (χ0) is 10.8. The van der Waals surface area contributed by atoms with Gasteiger partial charge in [-0.2, -0.15) is 0 Å². The molecule has 0 saturated heterocycles. The minimum Gasteiger partial charge on any atom is -0.493 e. The second-order valence-corrected chi connectivity index (χ2v) is 3.39. The number of halogens is 1. The van der Waals surface area contributed by atoms with Crippen LogP contribution >= 0.6 is 11.6 Å². The number of fused-ring (bicyclic) bond motifs is 1. The number of benzene rings is 1. The van der Waals surface area contributed by atoms with E-state index in [4.69, 9.17) is 21.1 Å². The van der Waals surface area contributed by atoms with Crippen LogP contribution in [0.25, 0.3) is 10.9 Å². The van der Waals surface area contributed by atoms with Crippen LogP contribution < -0.4 is 9.47 Å².